The smallest absolute Gasteiger partial charge is 0.261 e. The highest BCUT2D eigenvalue weighted by Crippen LogP contribution is 2.21. The van der Waals surface area contributed by atoms with E-state index in [1.54, 1.807) is 4.90 Å². The zero-order chi connectivity index (χ0) is 22.8. The van der Waals surface area contributed by atoms with Gasteiger partial charge in [-0.3, -0.25) is 9.59 Å². The normalized spacial score (nSPS) is 11.6. The number of nitrogens with one attached hydrogen (secondary N) is 1. The van der Waals surface area contributed by atoms with Crippen LogP contribution in [0.4, 0.5) is 0 Å². The van der Waals surface area contributed by atoms with E-state index in [2.05, 4.69) is 12.2 Å². The van der Waals surface area contributed by atoms with Crippen LogP contribution in [0, 0.1) is 20.8 Å². The quantitative estimate of drug-likeness (QED) is 0.531. The van der Waals surface area contributed by atoms with Crippen LogP contribution >= 0.6 is 0 Å². The molecule has 0 aliphatic carbocycles. The SMILES string of the molecule is CCCCNC(=O)[C@H](CC)N(Cc1ccc(C)cc1)C(=O)COc1cccc(C)c1C. The molecule has 5 nitrogen and oxygen atoms in total. The maximum atomic E-state index is 13.2. The minimum absolute atomic E-state index is 0.102. The Morgan fingerprint density at radius 3 is 2.39 bits per heavy atom. The molecule has 0 bridgehead atoms. The predicted molar refractivity (Wildman–Crippen MR) is 125 cm³/mol. The summed E-state index contributed by atoms with van der Waals surface area (Å²) in [6.07, 6.45) is 2.47. The van der Waals surface area contributed by atoms with Gasteiger partial charge < -0.3 is 15.0 Å². The fourth-order valence-electron chi connectivity index (χ4n) is 3.42. The molecule has 0 aliphatic heterocycles. The zero-order valence-electron chi connectivity index (χ0n) is 19.5. The highest BCUT2D eigenvalue weighted by atomic mass is 16.5. The number of aryl methyl sites for hydroxylation is 2. The van der Waals surface area contributed by atoms with Crippen molar-refractivity contribution in [3.8, 4) is 5.75 Å². The first-order valence-electron chi connectivity index (χ1n) is 11.2. The van der Waals surface area contributed by atoms with E-state index in [-0.39, 0.29) is 18.4 Å². The number of hydrogen-bond acceptors (Lipinski definition) is 3. The minimum Gasteiger partial charge on any atom is -0.483 e. The number of amides is 2. The summed E-state index contributed by atoms with van der Waals surface area (Å²) in [5.74, 6) is 0.395. The molecule has 168 valence electrons. The number of carbonyl (C=O) groups excluding carboxylic acids is 2. The molecule has 1 atom stereocenters. The average molecular weight is 425 g/mol. The molecule has 0 radical (unpaired) electrons. The predicted octanol–water partition coefficient (Wildman–Crippen LogP) is 4.71. The molecule has 5 heteroatoms. The van der Waals surface area contributed by atoms with Gasteiger partial charge in [0.25, 0.3) is 5.91 Å². The third kappa shape index (κ3) is 7.12. The van der Waals surface area contributed by atoms with Crippen molar-refractivity contribution in [2.45, 2.75) is 66.5 Å². The van der Waals surface area contributed by atoms with Crippen LogP contribution in [-0.4, -0.2) is 35.9 Å². The van der Waals surface area contributed by atoms with Crippen LogP contribution < -0.4 is 10.1 Å². The fourth-order valence-corrected chi connectivity index (χ4v) is 3.42. The molecule has 0 heterocycles. The van der Waals surface area contributed by atoms with Crippen LogP contribution in [0.5, 0.6) is 5.75 Å². The molecule has 0 unspecified atom stereocenters. The van der Waals surface area contributed by atoms with E-state index < -0.39 is 6.04 Å². The molecule has 0 aliphatic rings. The largest absolute Gasteiger partial charge is 0.483 e. The number of unbranched alkanes of at least 4 members (excludes halogenated alkanes) is 1. The summed E-state index contributed by atoms with van der Waals surface area (Å²) in [6, 6.07) is 13.3. The lowest BCUT2D eigenvalue weighted by molar-refractivity contribution is -0.143. The Balaban J connectivity index is 2.19. The van der Waals surface area contributed by atoms with Crippen molar-refractivity contribution >= 4 is 11.8 Å². The molecule has 1 N–H and O–H groups in total. The van der Waals surface area contributed by atoms with Crippen LogP contribution in [0.2, 0.25) is 0 Å². The maximum Gasteiger partial charge on any atom is 0.261 e. The summed E-state index contributed by atoms with van der Waals surface area (Å²) >= 11 is 0. The first-order chi connectivity index (χ1) is 14.9. The number of benzene rings is 2. The maximum absolute atomic E-state index is 13.2. The second kappa shape index (κ2) is 12.1. The molecular formula is C26H36N2O3. The van der Waals surface area contributed by atoms with Crippen LogP contribution in [0.25, 0.3) is 0 Å². The third-order valence-corrected chi connectivity index (χ3v) is 5.60. The van der Waals surface area contributed by atoms with Gasteiger partial charge in [0.1, 0.15) is 11.8 Å². The van der Waals surface area contributed by atoms with E-state index in [1.807, 2.05) is 70.2 Å². The summed E-state index contributed by atoms with van der Waals surface area (Å²) in [4.78, 5) is 27.8. The lowest BCUT2D eigenvalue weighted by Crippen LogP contribution is -2.50. The van der Waals surface area contributed by atoms with Gasteiger partial charge in [0.05, 0.1) is 0 Å². The molecular weight excluding hydrogens is 388 g/mol. The summed E-state index contributed by atoms with van der Waals surface area (Å²) < 4.78 is 5.87. The highest BCUT2D eigenvalue weighted by molar-refractivity contribution is 5.88. The molecule has 0 saturated heterocycles. The van der Waals surface area contributed by atoms with Gasteiger partial charge in [0, 0.05) is 13.1 Å². The number of rotatable bonds is 11. The number of ether oxygens (including phenoxy) is 1. The molecule has 2 aromatic carbocycles. The molecule has 2 amide bonds. The van der Waals surface area contributed by atoms with Crippen molar-refractivity contribution in [1.82, 2.24) is 10.2 Å². The monoisotopic (exact) mass is 424 g/mol. The lowest BCUT2D eigenvalue weighted by atomic mass is 10.1. The van der Waals surface area contributed by atoms with E-state index in [0.29, 0.717) is 25.3 Å². The number of carbonyl (C=O) groups is 2. The van der Waals surface area contributed by atoms with Gasteiger partial charge in [-0.15, -0.1) is 0 Å². The average Bonchev–Trinajstić information content (AvgIpc) is 2.76. The lowest BCUT2D eigenvalue weighted by Gasteiger charge is -2.30. The van der Waals surface area contributed by atoms with Crippen molar-refractivity contribution in [3.63, 3.8) is 0 Å². The third-order valence-electron chi connectivity index (χ3n) is 5.60. The Hall–Kier alpha value is -2.82. The number of nitrogens with zero attached hydrogens (tertiary/aromatic N) is 1. The molecule has 0 saturated carbocycles. The Labute approximate surface area is 186 Å². The summed E-state index contributed by atoms with van der Waals surface area (Å²) in [5, 5.41) is 2.98. The molecule has 31 heavy (non-hydrogen) atoms. The second-order valence-electron chi connectivity index (χ2n) is 8.06. The second-order valence-corrected chi connectivity index (χ2v) is 8.06. The van der Waals surface area contributed by atoms with Crippen LogP contribution in [0.15, 0.2) is 42.5 Å². The fraction of sp³-hybridized carbons (Fsp3) is 0.462. The van der Waals surface area contributed by atoms with Crippen LogP contribution in [0.3, 0.4) is 0 Å². The van der Waals surface area contributed by atoms with Crippen LogP contribution in [-0.2, 0) is 16.1 Å². The first-order valence-corrected chi connectivity index (χ1v) is 11.2. The first kappa shape index (κ1) is 24.4. The highest BCUT2D eigenvalue weighted by Gasteiger charge is 2.28. The van der Waals surface area contributed by atoms with Gasteiger partial charge in [-0.1, -0.05) is 62.2 Å². The van der Waals surface area contributed by atoms with Crippen molar-refractivity contribution in [3.05, 3.63) is 64.7 Å². The molecule has 0 spiro atoms. The van der Waals surface area contributed by atoms with Gasteiger partial charge in [-0.2, -0.15) is 0 Å². The standard InChI is InChI=1S/C26H36N2O3/c1-6-8-16-27-26(30)23(7-2)28(17-22-14-12-19(3)13-15-22)25(29)18-31-24-11-9-10-20(4)21(24)5/h9-15,23H,6-8,16-18H2,1-5H3,(H,27,30)/t23-/m0/s1. The Kier molecular flexibility index (Phi) is 9.57. The van der Waals surface area contributed by atoms with Gasteiger partial charge in [0.2, 0.25) is 5.91 Å². The van der Waals surface area contributed by atoms with Crippen molar-refractivity contribution in [2.75, 3.05) is 13.2 Å². The molecule has 0 aromatic heterocycles. The van der Waals surface area contributed by atoms with E-state index in [9.17, 15) is 9.59 Å². The van der Waals surface area contributed by atoms with Crippen molar-refractivity contribution in [1.29, 1.82) is 0 Å². The van der Waals surface area contributed by atoms with Gasteiger partial charge in [0.15, 0.2) is 6.61 Å². The van der Waals surface area contributed by atoms with Gasteiger partial charge in [-0.05, 0) is 56.4 Å². The summed E-state index contributed by atoms with van der Waals surface area (Å²) in [7, 11) is 0. The topological polar surface area (TPSA) is 58.6 Å². The Morgan fingerprint density at radius 2 is 1.74 bits per heavy atom. The van der Waals surface area contributed by atoms with Crippen LogP contribution in [0.1, 0.15) is 55.4 Å². The van der Waals surface area contributed by atoms with Crippen molar-refractivity contribution < 1.29 is 14.3 Å². The van der Waals surface area contributed by atoms with Crippen molar-refractivity contribution in [2.24, 2.45) is 0 Å². The minimum atomic E-state index is -0.534. The van der Waals surface area contributed by atoms with Gasteiger partial charge in [-0.25, -0.2) is 0 Å². The molecule has 2 aromatic rings. The summed E-state index contributed by atoms with van der Waals surface area (Å²) in [5.41, 5.74) is 4.28. The summed E-state index contributed by atoms with van der Waals surface area (Å²) in [6.45, 7) is 10.9. The molecule has 0 fully saturated rings. The van der Waals surface area contributed by atoms with E-state index in [0.717, 1.165) is 35.1 Å². The zero-order valence-corrected chi connectivity index (χ0v) is 19.5. The van der Waals surface area contributed by atoms with E-state index in [1.165, 1.54) is 0 Å². The Morgan fingerprint density at radius 1 is 1.03 bits per heavy atom. The number of hydrogen-bond donors (Lipinski definition) is 1. The van der Waals surface area contributed by atoms with E-state index >= 15 is 0 Å². The molecule has 2 rings (SSSR count). The van der Waals surface area contributed by atoms with Gasteiger partial charge >= 0.3 is 0 Å². The van der Waals surface area contributed by atoms with E-state index in [4.69, 9.17) is 4.74 Å². The Bertz CT molecular complexity index is 861.